The minimum Gasteiger partial charge on any atom is -0.465 e. The fourth-order valence-electron chi connectivity index (χ4n) is 5.55. The topological polar surface area (TPSA) is 76.2 Å². The molecule has 0 saturated carbocycles. The first-order chi connectivity index (χ1) is 17.9. The molecule has 0 radical (unpaired) electrons. The molecule has 0 N–H and O–H groups in total. The fraction of sp³-hybridized carbons (Fsp3) is 0.321. The number of esters is 1. The Morgan fingerprint density at radius 1 is 1.03 bits per heavy atom. The summed E-state index contributed by atoms with van der Waals surface area (Å²) in [6.07, 6.45) is 2.50. The van der Waals surface area contributed by atoms with Gasteiger partial charge in [0.15, 0.2) is 6.10 Å². The van der Waals surface area contributed by atoms with Crippen molar-refractivity contribution >= 4 is 51.4 Å². The van der Waals surface area contributed by atoms with Gasteiger partial charge in [-0.15, -0.1) is 11.3 Å². The Labute approximate surface area is 223 Å². The molecule has 7 nitrogen and oxygen atoms in total. The molecule has 2 aliphatic heterocycles. The van der Waals surface area contributed by atoms with E-state index >= 15 is 0 Å². The molecule has 1 aromatic heterocycles. The predicted molar refractivity (Wildman–Crippen MR) is 141 cm³/mol. The number of carbonyl (C=O) groups excluding carboxylic acids is 3. The summed E-state index contributed by atoms with van der Waals surface area (Å²) in [7, 11) is 1.32. The summed E-state index contributed by atoms with van der Waals surface area (Å²) in [6.45, 7) is 1.99. The Bertz CT molecular complexity index is 1400. The van der Waals surface area contributed by atoms with Crippen LogP contribution in [0.15, 0.2) is 48.5 Å². The molecule has 3 atom stereocenters. The lowest BCUT2D eigenvalue weighted by Crippen LogP contribution is -2.37. The summed E-state index contributed by atoms with van der Waals surface area (Å²) in [5.74, 6) is -2.14. The van der Waals surface area contributed by atoms with Crippen LogP contribution in [-0.2, 0) is 32.0 Å². The van der Waals surface area contributed by atoms with E-state index in [1.165, 1.54) is 23.3 Å². The van der Waals surface area contributed by atoms with Crippen LogP contribution in [-0.4, -0.2) is 31.0 Å². The molecule has 37 heavy (non-hydrogen) atoms. The van der Waals surface area contributed by atoms with Crippen LogP contribution in [0.2, 0.25) is 5.02 Å². The molecule has 0 unspecified atom stereocenters. The van der Waals surface area contributed by atoms with Crippen LogP contribution in [0.4, 0.5) is 10.7 Å². The van der Waals surface area contributed by atoms with E-state index in [4.69, 9.17) is 21.2 Å². The number of amides is 2. The van der Waals surface area contributed by atoms with Crippen LogP contribution in [0.3, 0.4) is 0 Å². The molecule has 6 rings (SSSR count). The molecule has 3 aliphatic rings. The number of thiophene rings is 1. The van der Waals surface area contributed by atoms with Gasteiger partial charge >= 0.3 is 5.97 Å². The van der Waals surface area contributed by atoms with Crippen molar-refractivity contribution in [3.63, 3.8) is 0 Å². The maximum atomic E-state index is 14.1. The molecule has 2 fully saturated rings. The Hall–Kier alpha value is -3.20. The zero-order valence-corrected chi connectivity index (χ0v) is 22.0. The van der Waals surface area contributed by atoms with Crippen LogP contribution in [0, 0.1) is 12.8 Å². The molecule has 190 valence electrons. The van der Waals surface area contributed by atoms with Gasteiger partial charge in [0, 0.05) is 9.90 Å². The van der Waals surface area contributed by atoms with E-state index in [0.717, 1.165) is 47.3 Å². The minimum absolute atomic E-state index is 0.338. The summed E-state index contributed by atoms with van der Waals surface area (Å²) >= 11 is 7.45. The van der Waals surface area contributed by atoms with Gasteiger partial charge in [0.1, 0.15) is 10.9 Å². The van der Waals surface area contributed by atoms with Crippen molar-refractivity contribution in [1.29, 1.82) is 0 Å². The number of hydrogen-bond acceptors (Lipinski definition) is 7. The number of hydrogen-bond donors (Lipinski definition) is 0. The number of nitrogens with zero attached hydrogens (tertiary/aromatic N) is 2. The Balaban J connectivity index is 1.44. The lowest BCUT2D eigenvalue weighted by Gasteiger charge is -2.28. The normalized spacial score (nSPS) is 22.8. The standard InChI is InChI=1S/C28H25ClN2O5S/c1-15-7-9-16(10-8-15)23-22-24(36-31(23)18-13-11-17(29)12-14-18)26(33)30(25(22)32)27-21(28(34)35-2)19-5-3-4-6-20(19)37-27/h7-14,22-24H,3-6H2,1-2H3/t22-,23+,24-/m0/s1. The number of anilines is 2. The van der Waals surface area contributed by atoms with Gasteiger partial charge in [0.25, 0.3) is 5.91 Å². The van der Waals surface area contributed by atoms with Gasteiger partial charge in [-0.1, -0.05) is 41.4 Å². The highest BCUT2D eigenvalue weighted by molar-refractivity contribution is 7.17. The van der Waals surface area contributed by atoms with Crippen molar-refractivity contribution < 1.29 is 24.0 Å². The van der Waals surface area contributed by atoms with Crippen LogP contribution < -0.4 is 9.96 Å². The van der Waals surface area contributed by atoms with Crippen molar-refractivity contribution in [3.05, 3.63) is 80.7 Å². The SMILES string of the molecule is COC(=O)c1c(N2C(=O)[C@@H]3[C@H](ON(c4ccc(Cl)cc4)[C@@H]3c3ccc(C)cc3)C2=O)sc2c1CCCC2. The predicted octanol–water partition coefficient (Wildman–Crippen LogP) is 5.43. The summed E-state index contributed by atoms with van der Waals surface area (Å²) < 4.78 is 5.08. The number of methoxy groups -OCH3 is 1. The number of aryl methyl sites for hydroxylation is 2. The monoisotopic (exact) mass is 536 g/mol. The van der Waals surface area contributed by atoms with E-state index in [2.05, 4.69) is 0 Å². The molecule has 3 heterocycles. The summed E-state index contributed by atoms with van der Waals surface area (Å²) in [6, 6.07) is 14.4. The van der Waals surface area contributed by atoms with Gasteiger partial charge in [-0.05, 0) is 68.0 Å². The van der Waals surface area contributed by atoms with E-state index < -0.39 is 29.9 Å². The van der Waals surface area contributed by atoms with Gasteiger partial charge in [-0.25, -0.2) is 14.8 Å². The Kier molecular flexibility index (Phi) is 6.06. The van der Waals surface area contributed by atoms with Gasteiger partial charge < -0.3 is 4.74 Å². The second kappa shape index (κ2) is 9.28. The number of carbonyl (C=O) groups is 3. The van der Waals surface area contributed by atoms with E-state index in [1.54, 1.807) is 29.3 Å². The molecular formula is C28H25ClN2O5S. The third kappa shape index (κ3) is 3.86. The third-order valence-corrected chi connectivity index (χ3v) is 8.89. The quantitative estimate of drug-likeness (QED) is 0.327. The Morgan fingerprint density at radius 2 is 1.73 bits per heavy atom. The average Bonchev–Trinajstić information content (AvgIpc) is 3.55. The first kappa shape index (κ1) is 24.2. The lowest BCUT2D eigenvalue weighted by molar-refractivity contribution is -0.126. The van der Waals surface area contributed by atoms with Crippen molar-refractivity contribution in [3.8, 4) is 0 Å². The van der Waals surface area contributed by atoms with E-state index in [9.17, 15) is 14.4 Å². The Morgan fingerprint density at radius 3 is 2.43 bits per heavy atom. The minimum atomic E-state index is -1.01. The largest absolute Gasteiger partial charge is 0.465 e. The van der Waals surface area contributed by atoms with E-state index in [0.29, 0.717) is 21.3 Å². The van der Waals surface area contributed by atoms with Crippen molar-refractivity contribution in [2.75, 3.05) is 17.1 Å². The number of benzene rings is 2. The molecule has 9 heteroatoms. The zero-order valence-electron chi connectivity index (χ0n) is 20.4. The molecule has 2 saturated heterocycles. The molecule has 2 amide bonds. The summed E-state index contributed by atoms with van der Waals surface area (Å²) in [5.41, 5.74) is 3.87. The van der Waals surface area contributed by atoms with Gasteiger partial charge in [0.2, 0.25) is 5.91 Å². The number of fused-ring (bicyclic) bond motifs is 2. The highest BCUT2D eigenvalue weighted by atomic mass is 35.5. The number of imide groups is 1. The van der Waals surface area contributed by atoms with Crippen LogP contribution in [0.25, 0.3) is 0 Å². The number of rotatable bonds is 4. The summed E-state index contributed by atoms with van der Waals surface area (Å²) in [4.78, 5) is 49.2. The van der Waals surface area contributed by atoms with Crippen LogP contribution in [0.5, 0.6) is 0 Å². The zero-order chi connectivity index (χ0) is 25.8. The maximum Gasteiger partial charge on any atom is 0.341 e. The van der Waals surface area contributed by atoms with Gasteiger partial charge in [0.05, 0.1) is 24.4 Å². The molecular weight excluding hydrogens is 512 g/mol. The smallest absolute Gasteiger partial charge is 0.341 e. The molecule has 0 spiro atoms. The highest BCUT2D eigenvalue weighted by Crippen LogP contribution is 2.50. The first-order valence-electron chi connectivity index (χ1n) is 12.3. The maximum absolute atomic E-state index is 14.1. The second-order valence-corrected chi connectivity index (χ2v) is 11.1. The van der Waals surface area contributed by atoms with Crippen molar-refractivity contribution in [2.24, 2.45) is 5.92 Å². The average molecular weight is 537 g/mol. The van der Waals surface area contributed by atoms with Crippen molar-refractivity contribution in [1.82, 2.24) is 0 Å². The molecule has 3 aromatic rings. The van der Waals surface area contributed by atoms with Gasteiger partial charge in [-0.2, -0.15) is 0 Å². The number of hydroxylamine groups is 1. The van der Waals surface area contributed by atoms with Crippen LogP contribution >= 0.6 is 22.9 Å². The molecule has 2 aromatic carbocycles. The lowest BCUT2D eigenvalue weighted by atomic mass is 9.90. The number of ether oxygens (including phenoxy) is 1. The van der Waals surface area contributed by atoms with E-state index in [1.807, 2.05) is 31.2 Å². The summed E-state index contributed by atoms with van der Waals surface area (Å²) in [5, 5.41) is 2.57. The third-order valence-electron chi connectivity index (χ3n) is 7.36. The molecule has 0 bridgehead atoms. The van der Waals surface area contributed by atoms with Crippen molar-refractivity contribution in [2.45, 2.75) is 44.8 Å². The van der Waals surface area contributed by atoms with Crippen LogP contribution in [0.1, 0.15) is 50.8 Å². The second-order valence-electron chi connectivity index (χ2n) is 9.60. The first-order valence-corrected chi connectivity index (χ1v) is 13.5. The number of halogens is 1. The van der Waals surface area contributed by atoms with E-state index in [-0.39, 0.29) is 5.91 Å². The molecule has 1 aliphatic carbocycles. The van der Waals surface area contributed by atoms with Gasteiger partial charge in [-0.3, -0.25) is 14.4 Å². The fourth-order valence-corrected chi connectivity index (χ4v) is 7.06. The highest BCUT2D eigenvalue weighted by Gasteiger charge is 2.61.